The number of hydrogen-bond acceptors (Lipinski definition) is 3. The topological polar surface area (TPSA) is 38.0 Å². The van der Waals surface area contributed by atoms with Gasteiger partial charge in [0, 0.05) is 6.54 Å². The molecule has 3 N–H and O–H groups in total. The van der Waals surface area contributed by atoms with Crippen molar-refractivity contribution in [1.29, 1.82) is 0 Å². The van der Waals surface area contributed by atoms with Gasteiger partial charge >= 0.3 is 0 Å². The van der Waals surface area contributed by atoms with Gasteiger partial charge in [-0.05, 0) is 49.5 Å². The molecule has 1 aromatic carbocycles. The Kier molecular flexibility index (Phi) is 6.94. The summed E-state index contributed by atoms with van der Waals surface area (Å²) in [6.45, 7) is 3.11. The molecule has 17 heavy (non-hydrogen) atoms. The van der Waals surface area contributed by atoms with Crippen molar-refractivity contribution in [3.63, 3.8) is 0 Å². The van der Waals surface area contributed by atoms with Gasteiger partial charge in [0.1, 0.15) is 0 Å². The molecule has 0 bridgehead atoms. The van der Waals surface area contributed by atoms with E-state index < -0.39 is 0 Å². The van der Waals surface area contributed by atoms with Crippen molar-refractivity contribution >= 4 is 23.1 Å². The quantitative estimate of drug-likeness (QED) is 0.544. The molecule has 3 heteroatoms. The zero-order valence-corrected chi connectivity index (χ0v) is 11.8. The van der Waals surface area contributed by atoms with Gasteiger partial charge in [-0.2, -0.15) is 11.8 Å². The lowest BCUT2D eigenvalue weighted by Gasteiger charge is -2.10. The van der Waals surface area contributed by atoms with Crippen LogP contribution in [0.4, 0.5) is 11.4 Å². The van der Waals surface area contributed by atoms with Crippen molar-refractivity contribution in [3.05, 3.63) is 23.8 Å². The molecule has 1 rings (SSSR count). The number of nitrogens with one attached hydrogen (secondary N) is 1. The van der Waals surface area contributed by atoms with Crippen LogP contribution < -0.4 is 11.1 Å². The van der Waals surface area contributed by atoms with Gasteiger partial charge in [0.2, 0.25) is 0 Å². The maximum atomic E-state index is 5.90. The van der Waals surface area contributed by atoms with E-state index in [1.807, 2.05) is 23.9 Å². The molecule has 0 saturated carbocycles. The maximum Gasteiger partial charge on any atom is 0.0576 e. The highest BCUT2D eigenvalue weighted by molar-refractivity contribution is 7.98. The first-order valence-corrected chi connectivity index (χ1v) is 7.72. The molecule has 0 unspecified atom stereocenters. The zero-order chi connectivity index (χ0) is 12.5. The molecule has 2 nitrogen and oxygen atoms in total. The van der Waals surface area contributed by atoms with Gasteiger partial charge in [0.25, 0.3) is 0 Å². The summed E-state index contributed by atoms with van der Waals surface area (Å²) in [7, 11) is 0. The van der Waals surface area contributed by atoms with Gasteiger partial charge in [-0.15, -0.1) is 0 Å². The predicted octanol–water partition coefficient (Wildman–Crippen LogP) is 3.91. The van der Waals surface area contributed by atoms with Crippen molar-refractivity contribution in [3.8, 4) is 0 Å². The second-order valence-electron chi connectivity index (χ2n) is 4.42. The fourth-order valence-corrected chi connectivity index (χ4v) is 2.26. The van der Waals surface area contributed by atoms with Crippen molar-refractivity contribution in [2.75, 3.05) is 29.6 Å². The molecule has 0 aliphatic rings. The van der Waals surface area contributed by atoms with E-state index in [1.165, 1.54) is 37.0 Å². The first-order chi connectivity index (χ1) is 8.24. The van der Waals surface area contributed by atoms with Crippen molar-refractivity contribution in [1.82, 2.24) is 0 Å². The van der Waals surface area contributed by atoms with Crippen LogP contribution in [0.1, 0.15) is 31.2 Å². The van der Waals surface area contributed by atoms with Gasteiger partial charge in [-0.1, -0.05) is 18.9 Å². The number of nitrogens with two attached hydrogens (primary N) is 1. The van der Waals surface area contributed by atoms with Crippen molar-refractivity contribution < 1.29 is 0 Å². The smallest absolute Gasteiger partial charge is 0.0576 e. The largest absolute Gasteiger partial charge is 0.397 e. The molecule has 0 aromatic heterocycles. The number of nitrogen functional groups attached to an aromatic ring is 1. The summed E-state index contributed by atoms with van der Waals surface area (Å²) in [5.74, 6) is 1.29. The lowest BCUT2D eigenvalue weighted by molar-refractivity contribution is 0.689. The van der Waals surface area contributed by atoms with Gasteiger partial charge in [0.15, 0.2) is 0 Å². The molecule has 0 atom stereocenters. The molecule has 0 heterocycles. The summed E-state index contributed by atoms with van der Waals surface area (Å²) in [6, 6.07) is 6.13. The summed E-state index contributed by atoms with van der Waals surface area (Å²) in [5.41, 5.74) is 9.08. The van der Waals surface area contributed by atoms with Gasteiger partial charge in [-0.25, -0.2) is 0 Å². The summed E-state index contributed by atoms with van der Waals surface area (Å²) < 4.78 is 0. The first kappa shape index (κ1) is 14.2. The second kappa shape index (κ2) is 8.29. The van der Waals surface area contributed by atoms with E-state index in [0.29, 0.717) is 0 Å². The van der Waals surface area contributed by atoms with E-state index >= 15 is 0 Å². The number of anilines is 2. The fraction of sp³-hybridized carbons (Fsp3) is 0.571. The lowest BCUT2D eigenvalue weighted by Crippen LogP contribution is -2.04. The van der Waals surface area contributed by atoms with E-state index in [2.05, 4.69) is 24.6 Å². The lowest BCUT2D eigenvalue weighted by atomic mass is 10.1. The maximum absolute atomic E-state index is 5.90. The van der Waals surface area contributed by atoms with Crippen LogP contribution in [-0.2, 0) is 0 Å². The molecule has 0 saturated heterocycles. The number of aryl methyl sites for hydroxylation is 1. The SMILES string of the molecule is CSCCCCCCNc1cc(C)ccc1N. The minimum atomic E-state index is 0.845. The number of benzene rings is 1. The van der Waals surface area contributed by atoms with Crippen molar-refractivity contribution in [2.45, 2.75) is 32.6 Å². The van der Waals surface area contributed by atoms with Gasteiger partial charge < -0.3 is 11.1 Å². The Labute approximate surface area is 109 Å². The Morgan fingerprint density at radius 1 is 1.18 bits per heavy atom. The second-order valence-corrected chi connectivity index (χ2v) is 5.41. The third-order valence-corrected chi connectivity index (χ3v) is 3.50. The average Bonchev–Trinajstić information content (AvgIpc) is 2.32. The van der Waals surface area contributed by atoms with Crippen molar-refractivity contribution in [2.24, 2.45) is 0 Å². The summed E-state index contributed by atoms with van der Waals surface area (Å²) in [4.78, 5) is 0. The van der Waals surface area contributed by atoms with E-state index in [0.717, 1.165) is 17.9 Å². The first-order valence-electron chi connectivity index (χ1n) is 6.33. The van der Waals surface area contributed by atoms with Crippen LogP contribution in [0, 0.1) is 6.92 Å². The Morgan fingerprint density at radius 2 is 1.94 bits per heavy atom. The van der Waals surface area contributed by atoms with Crippen LogP contribution >= 0.6 is 11.8 Å². The highest BCUT2D eigenvalue weighted by Gasteiger charge is 1.98. The predicted molar refractivity (Wildman–Crippen MR) is 80.9 cm³/mol. The molecule has 0 radical (unpaired) electrons. The third kappa shape index (κ3) is 5.87. The van der Waals surface area contributed by atoms with Crippen LogP contribution in [0.3, 0.4) is 0 Å². The van der Waals surface area contributed by atoms with E-state index in [4.69, 9.17) is 5.73 Å². The molecule has 0 aliphatic carbocycles. The van der Waals surface area contributed by atoms with Gasteiger partial charge in [-0.3, -0.25) is 0 Å². The monoisotopic (exact) mass is 252 g/mol. The normalized spacial score (nSPS) is 10.5. The molecule has 0 fully saturated rings. The number of rotatable bonds is 8. The molecular weight excluding hydrogens is 228 g/mol. The standard InChI is InChI=1S/C14H24N2S/c1-12-7-8-13(15)14(11-12)16-9-5-3-4-6-10-17-2/h7-8,11,16H,3-6,9-10,15H2,1-2H3. The fourth-order valence-electron chi connectivity index (χ4n) is 1.77. The Bertz CT molecular complexity index is 326. The zero-order valence-electron chi connectivity index (χ0n) is 11.0. The van der Waals surface area contributed by atoms with Crippen LogP contribution in [0.15, 0.2) is 18.2 Å². The van der Waals surface area contributed by atoms with E-state index in [1.54, 1.807) is 0 Å². The molecule has 0 aliphatic heterocycles. The summed E-state index contributed by atoms with van der Waals surface area (Å²) in [5, 5.41) is 3.41. The Balaban J connectivity index is 2.15. The third-order valence-electron chi connectivity index (χ3n) is 2.80. The summed E-state index contributed by atoms with van der Waals surface area (Å²) >= 11 is 1.93. The highest BCUT2D eigenvalue weighted by atomic mass is 32.2. The van der Waals surface area contributed by atoms with E-state index in [9.17, 15) is 0 Å². The molecular formula is C14H24N2S. The number of thioether (sulfide) groups is 1. The number of unbranched alkanes of at least 4 members (excludes halogenated alkanes) is 3. The van der Waals surface area contributed by atoms with Crippen LogP contribution in [0.5, 0.6) is 0 Å². The van der Waals surface area contributed by atoms with Crippen LogP contribution in [-0.4, -0.2) is 18.6 Å². The average molecular weight is 252 g/mol. The molecule has 0 amide bonds. The van der Waals surface area contributed by atoms with Crippen LogP contribution in [0.2, 0.25) is 0 Å². The number of hydrogen-bond donors (Lipinski definition) is 2. The Morgan fingerprint density at radius 3 is 2.71 bits per heavy atom. The highest BCUT2D eigenvalue weighted by Crippen LogP contribution is 2.19. The van der Waals surface area contributed by atoms with Crippen LogP contribution in [0.25, 0.3) is 0 Å². The molecule has 0 spiro atoms. The summed E-state index contributed by atoms with van der Waals surface area (Å²) in [6.07, 6.45) is 7.38. The minimum absolute atomic E-state index is 0.845. The minimum Gasteiger partial charge on any atom is -0.397 e. The Hall–Kier alpha value is -0.830. The van der Waals surface area contributed by atoms with Gasteiger partial charge in [0.05, 0.1) is 11.4 Å². The molecule has 1 aromatic rings. The molecule has 96 valence electrons. The van der Waals surface area contributed by atoms with E-state index in [-0.39, 0.29) is 0 Å².